The third-order valence-corrected chi connectivity index (χ3v) is 4.04. The van der Waals surface area contributed by atoms with Crippen molar-refractivity contribution in [3.05, 3.63) is 48.2 Å². The Balaban J connectivity index is 1.71. The van der Waals surface area contributed by atoms with Crippen molar-refractivity contribution >= 4 is 23.1 Å². The molecule has 2 aromatic rings. The molecule has 120 valence electrons. The van der Waals surface area contributed by atoms with Crippen LogP contribution in [0.2, 0.25) is 0 Å². The lowest BCUT2D eigenvalue weighted by molar-refractivity contribution is 0.102. The molecule has 1 aromatic heterocycles. The van der Waals surface area contributed by atoms with Gasteiger partial charge in [0.05, 0.1) is 0 Å². The van der Waals surface area contributed by atoms with E-state index in [9.17, 15) is 4.79 Å². The fourth-order valence-corrected chi connectivity index (χ4v) is 2.71. The van der Waals surface area contributed by atoms with E-state index < -0.39 is 0 Å². The van der Waals surface area contributed by atoms with Crippen molar-refractivity contribution in [1.82, 2.24) is 4.98 Å². The summed E-state index contributed by atoms with van der Waals surface area (Å²) < 4.78 is 0. The van der Waals surface area contributed by atoms with E-state index >= 15 is 0 Å². The predicted molar refractivity (Wildman–Crippen MR) is 94.4 cm³/mol. The smallest absolute Gasteiger partial charge is 0.274 e. The largest absolute Gasteiger partial charge is 0.378 e. The molecule has 0 bridgehead atoms. The van der Waals surface area contributed by atoms with Gasteiger partial charge in [-0.15, -0.1) is 0 Å². The Bertz CT molecular complexity index is 676. The van der Waals surface area contributed by atoms with Crippen molar-refractivity contribution in [3.63, 3.8) is 0 Å². The first kappa shape index (κ1) is 15.3. The van der Waals surface area contributed by atoms with Gasteiger partial charge in [0.25, 0.3) is 5.91 Å². The van der Waals surface area contributed by atoms with Crippen LogP contribution in [-0.4, -0.2) is 38.1 Å². The van der Waals surface area contributed by atoms with Gasteiger partial charge in [-0.2, -0.15) is 0 Å². The van der Waals surface area contributed by atoms with E-state index in [1.54, 1.807) is 6.07 Å². The van der Waals surface area contributed by atoms with Gasteiger partial charge in [0.15, 0.2) is 0 Å². The van der Waals surface area contributed by atoms with Crippen LogP contribution in [0, 0.1) is 0 Å². The Hall–Kier alpha value is -2.56. The number of amides is 1. The average molecular weight is 310 g/mol. The van der Waals surface area contributed by atoms with Gasteiger partial charge in [0.1, 0.15) is 11.5 Å². The van der Waals surface area contributed by atoms with E-state index in [2.05, 4.69) is 15.2 Å². The second-order valence-corrected chi connectivity index (χ2v) is 5.97. The molecule has 0 saturated carbocycles. The molecule has 1 fully saturated rings. The number of carbonyl (C=O) groups is 1. The molecule has 5 heteroatoms. The van der Waals surface area contributed by atoms with E-state index in [4.69, 9.17) is 0 Å². The molecule has 0 spiro atoms. The highest BCUT2D eigenvalue weighted by Crippen LogP contribution is 2.19. The first-order valence-electron chi connectivity index (χ1n) is 7.94. The SMILES string of the molecule is CN(C)c1ccc(NC(=O)c2cccc(N3CCCC3)n2)cc1. The standard InChI is InChI=1S/C18H22N4O/c1-21(2)15-10-8-14(9-11-15)19-18(23)16-6-5-7-17(20-16)22-12-3-4-13-22/h5-11H,3-4,12-13H2,1-2H3,(H,19,23). The fraction of sp³-hybridized carbons (Fsp3) is 0.333. The maximum Gasteiger partial charge on any atom is 0.274 e. The lowest BCUT2D eigenvalue weighted by Gasteiger charge is -2.17. The van der Waals surface area contributed by atoms with Gasteiger partial charge in [-0.25, -0.2) is 4.98 Å². The van der Waals surface area contributed by atoms with E-state index in [0.717, 1.165) is 30.3 Å². The highest BCUT2D eigenvalue weighted by molar-refractivity contribution is 6.03. The molecule has 1 aromatic carbocycles. The molecule has 0 unspecified atom stereocenters. The second kappa shape index (κ2) is 6.69. The summed E-state index contributed by atoms with van der Waals surface area (Å²) in [5, 5.41) is 2.90. The number of nitrogens with one attached hydrogen (secondary N) is 1. The summed E-state index contributed by atoms with van der Waals surface area (Å²) in [6.07, 6.45) is 2.38. The first-order chi connectivity index (χ1) is 11.1. The van der Waals surface area contributed by atoms with Gasteiger partial charge < -0.3 is 15.1 Å². The monoisotopic (exact) mass is 310 g/mol. The molecule has 5 nitrogen and oxygen atoms in total. The normalized spacial score (nSPS) is 13.9. The predicted octanol–water partition coefficient (Wildman–Crippen LogP) is 3.00. The Labute approximate surface area is 136 Å². The number of benzene rings is 1. The Morgan fingerprint density at radius 3 is 2.43 bits per heavy atom. The zero-order chi connectivity index (χ0) is 16.2. The second-order valence-electron chi connectivity index (χ2n) is 5.97. The van der Waals surface area contributed by atoms with Crippen LogP contribution in [0.1, 0.15) is 23.3 Å². The number of hydrogen-bond acceptors (Lipinski definition) is 4. The minimum Gasteiger partial charge on any atom is -0.378 e. The molecule has 1 aliphatic rings. The number of aromatic nitrogens is 1. The molecule has 1 aliphatic heterocycles. The lowest BCUT2D eigenvalue weighted by Crippen LogP contribution is -2.21. The number of rotatable bonds is 4. The fourth-order valence-electron chi connectivity index (χ4n) is 2.71. The first-order valence-corrected chi connectivity index (χ1v) is 7.94. The van der Waals surface area contributed by atoms with Crippen molar-refractivity contribution in [1.29, 1.82) is 0 Å². The molecule has 23 heavy (non-hydrogen) atoms. The van der Waals surface area contributed by atoms with Gasteiger partial charge in [-0.1, -0.05) is 6.07 Å². The molecule has 0 aliphatic carbocycles. The zero-order valence-electron chi connectivity index (χ0n) is 13.6. The Kier molecular flexibility index (Phi) is 4.46. The van der Waals surface area contributed by atoms with Crippen molar-refractivity contribution in [3.8, 4) is 0 Å². The highest BCUT2D eigenvalue weighted by Gasteiger charge is 2.15. The summed E-state index contributed by atoms with van der Waals surface area (Å²) in [6, 6.07) is 13.4. The number of anilines is 3. The van der Waals surface area contributed by atoms with E-state index in [1.807, 2.05) is 55.4 Å². The minimum absolute atomic E-state index is 0.177. The van der Waals surface area contributed by atoms with Crippen LogP contribution in [-0.2, 0) is 0 Å². The molecular formula is C18H22N4O. The van der Waals surface area contributed by atoms with Crippen LogP contribution in [0.4, 0.5) is 17.2 Å². The van der Waals surface area contributed by atoms with Crippen molar-refractivity contribution in [2.24, 2.45) is 0 Å². The van der Waals surface area contributed by atoms with Gasteiger partial charge in [0.2, 0.25) is 0 Å². The van der Waals surface area contributed by atoms with Crippen molar-refractivity contribution < 1.29 is 4.79 Å². The number of nitrogens with zero attached hydrogens (tertiary/aromatic N) is 3. The molecule has 2 heterocycles. The third kappa shape index (κ3) is 3.62. The topological polar surface area (TPSA) is 48.5 Å². The Morgan fingerprint density at radius 2 is 1.78 bits per heavy atom. The van der Waals surface area contributed by atoms with E-state index in [-0.39, 0.29) is 5.91 Å². The molecule has 0 atom stereocenters. The summed E-state index contributed by atoms with van der Waals surface area (Å²) in [4.78, 5) is 21.1. The summed E-state index contributed by atoms with van der Waals surface area (Å²) in [6.45, 7) is 2.04. The molecule has 3 rings (SSSR count). The number of carbonyl (C=O) groups excluding carboxylic acids is 1. The maximum atomic E-state index is 12.4. The lowest BCUT2D eigenvalue weighted by atomic mass is 10.2. The summed E-state index contributed by atoms with van der Waals surface area (Å²) in [5.74, 6) is 0.710. The summed E-state index contributed by atoms with van der Waals surface area (Å²) in [7, 11) is 3.97. The maximum absolute atomic E-state index is 12.4. The van der Waals surface area contributed by atoms with Crippen LogP contribution >= 0.6 is 0 Å². The van der Waals surface area contributed by atoms with Gasteiger partial charge in [-0.05, 0) is 49.2 Å². The van der Waals surface area contributed by atoms with Gasteiger partial charge in [0, 0.05) is 38.6 Å². The summed E-state index contributed by atoms with van der Waals surface area (Å²) >= 11 is 0. The van der Waals surface area contributed by atoms with Crippen LogP contribution in [0.15, 0.2) is 42.5 Å². The summed E-state index contributed by atoms with van der Waals surface area (Å²) in [5.41, 5.74) is 2.32. The third-order valence-electron chi connectivity index (χ3n) is 4.04. The number of hydrogen-bond donors (Lipinski definition) is 1. The van der Waals surface area contributed by atoms with Crippen molar-refractivity contribution in [2.75, 3.05) is 42.3 Å². The Morgan fingerprint density at radius 1 is 1.09 bits per heavy atom. The van der Waals surface area contributed by atoms with E-state index in [1.165, 1.54) is 12.8 Å². The molecule has 0 radical (unpaired) electrons. The number of pyridine rings is 1. The van der Waals surface area contributed by atoms with Crippen LogP contribution in [0.3, 0.4) is 0 Å². The minimum atomic E-state index is -0.177. The molecule has 1 saturated heterocycles. The van der Waals surface area contributed by atoms with E-state index in [0.29, 0.717) is 5.69 Å². The van der Waals surface area contributed by atoms with Crippen LogP contribution in [0.25, 0.3) is 0 Å². The highest BCUT2D eigenvalue weighted by atomic mass is 16.1. The molecular weight excluding hydrogens is 288 g/mol. The van der Waals surface area contributed by atoms with Crippen LogP contribution in [0.5, 0.6) is 0 Å². The molecule has 1 N–H and O–H groups in total. The van der Waals surface area contributed by atoms with Gasteiger partial charge >= 0.3 is 0 Å². The van der Waals surface area contributed by atoms with Crippen molar-refractivity contribution in [2.45, 2.75) is 12.8 Å². The van der Waals surface area contributed by atoms with Crippen LogP contribution < -0.4 is 15.1 Å². The zero-order valence-corrected chi connectivity index (χ0v) is 13.6. The molecule has 1 amide bonds. The average Bonchev–Trinajstić information content (AvgIpc) is 3.10. The van der Waals surface area contributed by atoms with Gasteiger partial charge in [-0.3, -0.25) is 4.79 Å². The quantitative estimate of drug-likeness (QED) is 0.943.